The summed E-state index contributed by atoms with van der Waals surface area (Å²) in [6, 6.07) is 9.25. The summed E-state index contributed by atoms with van der Waals surface area (Å²) in [7, 11) is 1.56. The minimum absolute atomic E-state index is 0.0752. The summed E-state index contributed by atoms with van der Waals surface area (Å²) in [5.74, 6) is -0.136. The van der Waals surface area contributed by atoms with Gasteiger partial charge in [0.1, 0.15) is 18.2 Å². The van der Waals surface area contributed by atoms with Crippen molar-refractivity contribution in [2.24, 2.45) is 11.7 Å². The van der Waals surface area contributed by atoms with Gasteiger partial charge in [-0.2, -0.15) is 13.2 Å². The number of halogens is 4. The van der Waals surface area contributed by atoms with E-state index in [4.69, 9.17) is 15.2 Å². The Labute approximate surface area is 156 Å². The lowest BCUT2D eigenvalue weighted by atomic mass is 9.97. The van der Waals surface area contributed by atoms with Crippen LogP contribution in [0.25, 0.3) is 0 Å². The molecule has 3 nitrogen and oxygen atoms in total. The van der Waals surface area contributed by atoms with Crippen LogP contribution in [-0.2, 0) is 23.9 Å². The number of hydrogen-bond acceptors (Lipinski definition) is 3. The molecule has 2 aromatic carbocycles. The highest BCUT2D eigenvalue weighted by molar-refractivity contribution is 5.30. The van der Waals surface area contributed by atoms with Crippen LogP contribution in [0, 0.1) is 11.7 Å². The van der Waals surface area contributed by atoms with Crippen molar-refractivity contribution in [1.29, 1.82) is 0 Å². The number of nitrogens with two attached hydrogens (primary N) is 1. The Morgan fingerprint density at radius 3 is 2.44 bits per heavy atom. The fraction of sp³-hybridized carbons (Fsp3) is 0.400. The maximum Gasteiger partial charge on any atom is 0.416 e. The van der Waals surface area contributed by atoms with E-state index in [9.17, 15) is 17.6 Å². The molecule has 0 saturated heterocycles. The Balaban J connectivity index is 2.04. The molecule has 148 valence electrons. The first-order valence-corrected chi connectivity index (χ1v) is 8.54. The van der Waals surface area contributed by atoms with Crippen molar-refractivity contribution in [1.82, 2.24) is 0 Å². The van der Waals surface area contributed by atoms with Gasteiger partial charge in [-0.05, 0) is 41.8 Å². The van der Waals surface area contributed by atoms with Crippen molar-refractivity contribution in [3.05, 3.63) is 65.0 Å². The van der Waals surface area contributed by atoms with Gasteiger partial charge in [-0.1, -0.05) is 25.1 Å². The van der Waals surface area contributed by atoms with E-state index in [-0.39, 0.29) is 24.4 Å². The predicted molar refractivity (Wildman–Crippen MR) is 94.9 cm³/mol. The third-order valence-electron chi connectivity index (χ3n) is 4.41. The summed E-state index contributed by atoms with van der Waals surface area (Å²) >= 11 is 0. The molecule has 0 amide bonds. The van der Waals surface area contributed by atoms with Gasteiger partial charge >= 0.3 is 6.18 Å². The Kier molecular flexibility index (Phi) is 7.21. The first-order valence-electron chi connectivity index (χ1n) is 8.54. The standard InChI is InChI=1S/C20H23F4NO2/c1-13(11-25)19(26-2)9-15-6-7-17(10-18(15)21)27-12-14-4-3-5-16(8-14)20(22,23)24/h3-8,10,13,19H,9,11-12,25H2,1-2H3. The van der Waals surface area contributed by atoms with Crippen LogP contribution in [0.1, 0.15) is 23.6 Å². The molecule has 2 aromatic rings. The van der Waals surface area contributed by atoms with Crippen molar-refractivity contribution >= 4 is 0 Å². The topological polar surface area (TPSA) is 44.5 Å². The third-order valence-corrected chi connectivity index (χ3v) is 4.41. The highest BCUT2D eigenvalue weighted by atomic mass is 19.4. The van der Waals surface area contributed by atoms with Gasteiger partial charge in [0.15, 0.2) is 0 Å². The van der Waals surface area contributed by atoms with Crippen LogP contribution in [0.15, 0.2) is 42.5 Å². The molecule has 0 saturated carbocycles. The quantitative estimate of drug-likeness (QED) is 0.677. The molecule has 7 heteroatoms. The average Bonchev–Trinajstić information content (AvgIpc) is 2.64. The van der Waals surface area contributed by atoms with Crippen LogP contribution in [0.2, 0.25) is 0 Å². The zero-order chi connectivity index (χ0) is 20.0. The summed E-state index contributed by atoms with van der Waals surface area (Å²) in [5, 5.41) is 0. The molecule has 2 unspecified atom stereocenters. The summed E-state index contributed by atoms with van der Waals surface area (Å²) in [6.45, 7) is 2.27. The van der Waals surface area contributed by atoms with Gasteiger partial charge in [0, 0.05) is 19.6 Å². The van der Waals surface area contributed by atoms with Crippen LogP contribution in [0.4, 0.5) is 17.6 Å². The number of ether oxygens (including phenoxy) is 2. The summed E-state index contributed by atoms with van der Waals surface area (Å²) in [4.78, 5) is 0. The zero-order valence-corrected chi connectivity index (χ0v) is 15.2. The van der Waals surface area contributed by atoms with Gasteiger partial charge < -0.3 is 15.2 Å². The molecule has 0 aliphatic carbocycles. The fourth-order valence-corrected chi connectivity index (χ4v) is 2.67. The van der Waals surface area contributed by atoms with Crippen LogP contribution in [0.3, 0.4) is 0 Å². The van der Waals surface area contributed by atoms with Gasteiger partial charge in [0.2, 0.25) is 0 Å². The predicted octanol–water partition coefficient (Wildman–Crippen LogP) is 4.58. The van der Waals surface area contributed by atoms with Crippen molar-refractivity contribution in [2.45, 2.75) is 32.2 Å². The van der Waals surface area contributed by atoms with Crippen molar-refractivity contribution < 1.29 is 27.0 Å². The highest BCUT2D eigenvalue weighted by Gasteiger charge is 2.30. The lowest BCUT2D eigenvalue weighted by molar-refractivity contribution is -0.137. The van der Waals surface area contributed by atoms with Gasteiger partial charge in [0.05, 0.1) is 11.7 Å². The largest absolute Gasteiger partial charge is 0.489 e. The van der Waals surface area contributed by atoms with E-state index in [2.05, 4.69) is 0 Å². The van der Waals surface area contributed by atoms with Gasteiger partial charge in [0.25, 0.3) is 0 Å². The Morgan fingerprint density at radius 1 is 1.11 bits per heavy atom. The maximum atomic E-state index is 14.3. The van der Waals surface area contributed by atoms with E-state index in [1.165, 1.54) is 18.2 Å². The molecule has 27 heavy (non-hydrogen) atoms. The molecular formula is C20H23F4NO2. The molecule has 0 aromatic heterocycles. The molecule has 2 rings (SSSR count). The Bertz CT molecular complexity index is 749. The molecule has 0 spiro atoms. The lowest BCUT2D eigenvalue weighted by Gasteiger charge is -2.21. The number of methoxy groups -OCH3 is 1. The van der Waals surface area contributed by atoms with E-state index >= 15 is 0 Å². The first-order chi connectivity index (χ1) is 12.7. The molecule has 0 aliphatic heterocycles. The number of alkyl halides is 3. The smallest absolute Gasteiger partial charge is 0.416 e. The number of rotatable bonds is 8. The monoisotopic (exact) mass is 385 g/mol. The van der Waals surface area contributed by atoms with Crippen LogP contribution in [-0.4, -0.2) is 19.8 Å². The molecule has 0 radical (unpaired) electrons. The summed E-state index contributed by atoms with van der Waals surface area (Å²) < 4.78 is 63.4. The molecule has 2 N–H and O–H groups in total. The van der Waals surface area contributed by atoms with Crippen LogP contribution >= 0.6 is 0 Å². The van der Waals surface area contributed by atoms with Crippen molar-refractivity contribution in [3.63, 3.8) is 0 Å². The summed E-state index contributed by atoms with van der Waals surface area (Å²) in [5.41, 5.74) is 5.71. The van der Waals surface area contributed by atoms with Gasteiger partial charge in [-0.15, -0.1) is 0 Å². The maximum absolute atomic E-state index is 14.3. The van der Waals surface area contributed by atoms with E-state index in [0.29, 0.717) is 24.1 Å². The van der Waals surface area contributed by atoms with E-state index in [0.717, 1.165) is 12.1 Å². The van der Waals surface area contributed by atoms with Crippen molar-refractivity contribution in [3.8, 4) is 5.75 Å². The van der Waals surface area contributed by atoms with E-state index < -0.39 is 17.6 Å². The second-order valence-electron chi connectivity index (χ2n) is 6.43. The minimum Gasteiger partial charge on any atom is -0.489 e. The zero-order valence-electron chi connectivity index (χ0n) is 15.2. The molecular weight excluding hydrogens is 362 g/mol. The molecule has 0 fully saturated rings. The van der Waals surface area contributed by atoms with E-state index in [1.807, 2.05) is 6.92 Å². The summed E-state index contributed by atoms with van der Waals surface area (Å²) in [6.07, 6.45) is -4.25. The first kappa shape index (κ1) is 21.2. The third kappa shape index (κ3) is 5.94. The van der Waals surface area contributed by atoms with E-state index in [1.54, 1.807) is 19.2 Å². The second kappa shape index (κ2) is 9.19. The normalized spacial score (nSPS) is 14.0. The minimum atomic E-state index is -4.41. The SMILES string of the molecule is COC(Cc1ccc(OCc2cccc(C(F)(F)F)c2)cc1F)C(C)CN. The number of hydrogen-bond donors (Lipinski definition) is 1. The Hall–Kier alpha value is -2.12. The average molecular weight is 385 g/mol. The highest BCUT2D eigenvalue weighted by Crippen LogP contribution is 2.30. The molecule has 0 heterocycles. The molecule has 0 bridgehead atoms. The Morgan fingerprint density at radius 2 is 1.85 bits per heavy atom. The molecule has 0 aliphatic rings. The van der Waals surface area contributed by atoms with Gasteiger partial charge in [-0.3, -0.25) is 0 Å². The molecule has 2 atom stereocenters. The van der Waals surface area contributed by atoms with Crippen LogP contribution in [0.5, 0.6) is 5.75 Å². The van der Waals surface area contributed by atoms with Crippen molar-refractivity contribution in [2.75, 3.05) is 13.7 Å². The van der Waals surface area contributed by atoms with Gasteiger partial charge in [-0.25, -0.2) is 4.39 Å². The lowest BCUT2D eigenvalue weighted by Crippen LogP contribution is -2.29. The second-order valence-corrected chi connectivity index (χ2v) is 6.43. The number of benzene rings is 2. The van der Waals surface area contributed by atoms with Crippen LogP contribution < -0.4 is 10.5 Å². The fourth-order valence-electron chi connectivity index (χ4n) is 2.67.